The molecule has 1 N–H and O–H groups in total. The zero-order valence-electron chi connectivity index (χ0n) is 11.3. The van der Waals surface area contributed by atoms with Gasteiger partial charge in [0.2, 0.25) is 5.91 Å². The van der Waals surface area contributed by atoms with E-state index in [-0.39, 0.29) is 11.3 Å². The molecular formula is C15H21NO. The van der Waals surface area contributed by atoms with Gasteiger partial charge in [0.15, 0.2) is 0 Å². The Morgan fingerprint density at radius 1 is 1.18 bits per heavy atom. The normalized spacial score (nSPS) is 19.8. The third kappa shape index (κ3) is 2.21. The maximum absolute atomic E-state index is 11.8. The van der Waals surface area contributed by atoms with Crippen LogP contribution in [0.5, 0.6) is 0 Å². The van der Waals surface area contributed by atoms with Crippen molar-refractivity contribution in [2.75, 3.05) is 5.32 Å². The Kier molecular flexibility index (Phi) is 2.76. The first kappa shape index (κ1) is 12.2. The van der Waals surface area contributed by atoms with E-state index in [2.05, 4.69) is 52.1 Å². The smallest absolute Gasteiger partial charge is 0.225 e. The van der Waals surface area contributed by atoms with Crippen LogP contribution in [-0.4, -0.2) is 5.91 Å². The van der Waals surface area contributed by atoms with Gasteiger partial charge in [-0.2, -0.15) is 0 Å². The maximum atomic E-state index is 11.8. The minimum Gasteiger partial charge on any atom is -0.326 e. The molecule has 2 heteroatoms. The van der Waals surface area contributed by atoms with Crippen LogP contribution in [0, 0.1) is 19.3 Å². The van der Waals surface area contributed by atoms with Crippen LogP contribution in [0.2, 0.25) is 0 Å². The Morgan fingerprint density at radius 3 is 2.35 bits per heavy atom. The molecule has 0 saturated heterocycles. The molecule has 17 heavy (non-hydrogen) atoms. The molecule has 92 valence electrons. The van der Waals surface area contributed by atoms with Gasteiger partial charge in [-0.1, -0.05) is 26.8 Å². The summed E-state index contributed by atoms with van der Waals surface area (Å²) in [6.07, 6.45) is 0.596. The van der Waals surface area contributed by atoms with E-state index in [0.717, 1.165) is 5.69 Å². The van der Waals surface area contributed by atoms with Gasteiger partial charge in [0.1, 0.15) is 0 Å². The van der Waals surface area contributed by atoms with Crippen LogP contribution >= 0.6 is 0 Å². The fraction of sp³-hybridized carbons (Fsp3) is 0.533. The molecule has 0 aliphatic carbocycles. The summed E-state index contributed by atoms with van der Waals surface area (Å²) in [4.78, 5) is 11.8. The third-order valence-electron chi connectivity index (χ3n) is 3.75. The lowest BCUT2D eigenvalue weighted by Gasteiger charge is -2.35. The molecule has 0 radical (unpaired) electrons. The van der Waals surface area contributed by atoms with Gasteiger partial charge in [-0.15, -0.1) is 0 Å². The van der Waals surface area contributed by atoms with Gasteiger partial charge in [-0.3, -0.25) is 4.79 Å². The van der Waals surface area contributed by atoms with Gasteiger partial charge in [0.25, 0.3) is 0 Å². The topological polar surface area (TPSA) is 29.1 Å². The Hall–Kier alpha value is -1.31. The molecule has 0 bridgehead atoms. The highest BCUT2D eigenvalue weighted by molar-refractivity contribution is 5.95. The van der Waals surface area contributed by atoms with Crippen molar-refractivity contribution < 1.29 is 4.79 Å². The second kappa shape index (κ2) is 3.86. The predicted molar refractivity (Wildman–Crippen MR) is 71.4 cm³/mol. The van der Waals surface area contributed by atoms with Crippen molar-refractivity contribution in [1.82, 2.24) is 0 Å². The van der Waals surface area contributed by atoms with E-state index >= 15 is 0 Å². The first-order chi connectivity index (χ1) is 7.79. The molecule has 2 nitrogen and oxygen atoms in total. The molecule has 0 aromatic heterocycles. The molecule has 1 atom stereocenters. The number of benzene rings is 1. The number of rotatable bonds is 0. The minimum atomic E-state index is 0.119. The molecule has 1 aliphatic heterocycles. The SMILES string of the molecule is Cc1cc2c(cc1C)C(C(C)(C)C)CC(=O)N2. The van der Waals surface area contributed by atoms with Gasteiger partial charge in [0, 0.05) is 12.1 Å². The van der Waals surface area contributed by atoms with Gasteiger partial charge in [-0.25, -0.2) is 0 Å². The van der Waals surface area contributed by atoms with Crippen molar-refractivity contribution in [1.29, 1.82) is 0 Å². The quantitative estimate of drug-likeness (QED) is 0.723. The van der Waals surface area contributed by atoms with Crippen molar-refractivity contribution in [3.05, 3.63) is 28.8 Å². The van der Waals surface area contributed by atoms with E-state index in [9.17, 15) is 4.79 Å². The molecule has 1 amide bonds. The summed E-state index contributed by atoms with van der Waals surface area (Å²) in [5.74, 6) is 0.450. The first-order valence-electron chi connectivity index (χ1n) is 6.20. The highest BCUT2D eigenvalue weighted by Crippen LogP contribution is 2.44. The maximum Gasteiger partial charge on any atom is 0.225 e. The number of hydrogen-bond acceptors (Lipinski definition) is 1. The van der Waals surface area contributed by atoms with Crippen molar-refractivity contribution in [2.24, 2.45) is 5.41 Å². The second-order valence-corrected chi connectivity index (χ2v) is 6.19. The Bertz CT molecular complexity index is 469. The summed E-state index contributed by atoms with van der Waals surface area (Å²) >= 11 is 0. The average molecular weight is 231 g/mol. The summed E-state index contributed by atoms with van der Waals surface area (Å²) in [6.45, 7) is 10.8. The van der Waals surface area contributed by atoms with Crippen LogP contribution in [0.4, 0.5) is 5.69 Å². The number of nitrogens with one attached hydrogen (secondary N) is 1. The number of amides is 1. The monoisotopic (exact) mass is 231 g/mol. The molecule has 1 aliphatic rings. The summed E-state index contributed by atoms with van der Waals surface area (Å²) < 4.78 is 0. The van der Waals surface area contributed by atoms with Crippen LogP contribution in [0.3, 0.4) is 0 Å². The number of fused-ring (bicyclic) bond motifs is 1. The average Bonchev–Trinajstić information content (AvgIpc) is 2.18. The molecule has 0 spiro atoms. The van der Waals surface area contributed by atoms with Crippen LogP contribution in [-0.2, 0) is 4.79 Å². The fourth-order valence-electron chi connectivity index (χ4n) is 2.50. The van der Waals surface area contributed by atoms with Crippen LogP contribution in [0.1, 0.15) is 49.8 Å². The molecule has 1 aromatic rings. The number of carbonyl (C=O) groups excluding carboxylic acids is 1. The van der Waals surface area contributed by atoms with Crippen molar-refractivity contribution in [3.8, 4) is 0 Å². The van der Waals surface area contributed by atoms with Gasteiger partial charge in [-0.05, 0) is 47.9 Å². The third-order valence-corrected chi connectivity index (χ3v) is 3.75. The summed E-state index contributed by atoms with van der Waals surface area (Å²) in [7, 11) is 0. The van der Waals surface area contributed by atoms with Gasteiger partial charge >= 0.3 is 0 Å². The minimum absolute atomic E-state index is 0.119. The number of anilines is 1. The van der Waals surface area contributed by atoms with Crippen molar-refractivity contribution in [3.63, 3.8) is 0 Å². The Balaban J connectivity index is 2.56. The van der Waals surface area contributed by atoms with Crippen molar-refractivity contribution in [2.45, 2.75) is 47.0 Å². The Labute approximate surface area is 103 Å². The zero-order chi connectivity index (χ0) is 12.8. The van der Waals surface area contributed by atoms with E-state index in [1.54, 1.807) is 0 Å². The van der Waals surface area contributed by atoms with E-state index in [0.29, 0.717) is 12.3 Å². The largest absolute Gasteiger partial charge is 0.326 e. The lowest BCUT2D eigenvalue weighted by Crippen LogP contribution is -2.30. The molecular weight excluding hydrogens is 210 g/mol. The van der Waals surface area contributed by atoms with E-state index in [1.807, 2.05) is 0 Å². The van der Waals surface area contributed by atoms with Gasteiger partial charge in [0.05, 0.1) is 0 Å². The lowest BCUT2D eigenvalue weighted by atomic mass is 9.72. The Morgan fingerprint density at radius 2 is 1.76 bits per heavy atom. The summed E-state index contributed by atoms with van der Waals surface area (Å²) in [5, 5.41) is 2.99. The predicted octanol–water partition coefficient (Wildman–Crippen LogP) is 3.78. The lowest BCUT2D eigenvalue weighted by molar-refractivity contribution is -0.117. The number of carbonyl (C=O) groups is 1. The number of aryl methyl sites for hydroxylation is 2. The van der Waals surface area contributed by atoms with E-state index in [4.69, 9.17) is 0 Å². The standard InChI is InChI=1S/C15H21NO/c1-9-6-11-12(15(3,4)5)8-14(17)16-13(11)7-10(9)2/h6-7,12H,8H2,1-5H3,(H,16,17). The summed E-state index contributed by atoms with van der Waals surface area (Å²) in [5.41, 5.74) is 4.95. The van der Waals surface area contributed by atoms with Crippen LogP contribution in [0.25, 0.3) is 0 Å². The fourth-order valence-corrected chi connectivity index (χ4v) is 2.50. The van der Waals surface area contributed by atoms with Crippen molar-refractivity contribution >= 4 is 11.6 Å². The van der Waals surface area contributed by atoms with E-state index < -0.39 is 0 Å². The molecule has 0 saturated carbocycles. The highest BCUT2D eigenvalue weighted by atomic mass is 16.1. The van der Waals surface area contributed by atoms with Gasteiger partial charge < -0.3 is 5.32 Å². The molecule has 1 aromatic carbocycles. The second-order valence-electron chi connectivity index (χ2n) is 6.19. The first-order valence-corrected chi connectivity index (χ1v) is 6.20. The van der Waals surface area contributed by atoms with Crippen LogP contribution in [0.15, 0.2) is 12.1 Å². The molecule has 1 unspecified atom stereocenters. The van der Waals surface area contributed by atoms with E-state index in [1.165, 1.54) is 16.7 Å². The molecule has 0 fully saturated rings. The summed E-state index contributed by atoms with van der Waals surface area (Å²) in [6, 6.07) is 4.33. The number of hydrogen-bond donors (Lipinski definition) is 1. The van der Waals surface area contributed by atoms with Crippen LogP contribution < -0.4 is 5.32 Å². The zero-order valence-corrected chi connectivity index (χ0v) is 11.3. The highest BCUT2D eigenvalue weighted by Gasteiger charge is 2.33. The molecule has 1 heterocycles. The molecule has 2 rings (SSSR count).